The summed E-state index contributed by atoms with van der Waals surface area (Å²) in [6, 6.07) is 0. The van der Waals surface area contributed by atoms with Gasteiger partial charge in [0.1, 0.15) is 5.03 Å². The molecule has 0 radical (unpaired) electrons. The third kappa shape index (κ3) is 1.69. The van der Waals surface area contributed by atoms with Crippen LogP contribution >= 0.6 is 11.8 Å². The van der Waals surface area contributed by atoms with E-state index in [2.05, 4.69) is 37.6 Å². The summed E-state index contributed by atoms with van der Waals surface area (Å²) >= 11 is 1.62. The number of hydrazine groups is 1. The molecule has 0 atom stereocenters. The Morgan fingerprint density at radius 2 is 2.11 bits per heavy atom. The molecule has 0 bridgehead atoms. The molecule has 6 heteroatoms. The molecule has 0 aliphatic carbocycles. The van der Waals surface area contributed by atoms with Gasteiger partial charge in [-0.2, -0.15) is 0 Å². The number of hydrogen-bond acceptors (Lipinski definition) is 5. The highest BCUT2D eigenvalue weighted by atomic mass is 32.2. The Kier molecular flexibility index (Phi) is 2.76. The number of likely N-dealkylation sites (N-methyl/N-ethyl adjacent to an activating group) is 1. The van der Waals surface area contributed by atoms with Gasteiger partial charge in [-0.25, -0.2) is 15.0 Å². The molecule has 18 heavy (non-hydrogen) atoms. The lowest BCUT2D eigenvalue weighted by Crippen LogP contribution is -2.27. The standard InChI is InChI=1S/C12H15N5S/c1-15-7-9(8-16(15)2)10-6-14-11-12(18-3)13-4-5-17(10)11/h4-7H,8H2,1-3H3. The van der Waals surface area contributed by atoms with E-state index in [-0.39, 0.29) is 0 Å². The van der Waals surface area contributed by atoms with Crippen LogP contribution in [0.3, 0.4) is 0 Å². The van der Waals surface area contributed by atoms with Crippen molar-refractivity contribution in [2.45, 2.75) is 5.03 Å². The van der Waals surface area contributed by atoms with E-state index < -0.39 is 0 Å². The minimum atomic E-state index is 0.904. The molecule has 3 heterocycles. The SMILES string of the molecule is CSc1nccn2c(C3=CN(C)N(C)C3)cnc12. The summed E-state index contributed by atoms with van der Waals surface area (Å²) < 4.78 is 2.11. The molecule has 0 amide bonds. The number of rotatable bonds is 2. The monoisotopic (exact) mass is 261 g/mol. The molecule has 1 aliphatic rings. The molecule has 3 rings (SSSR count). The average Bonchev–Trinajstić information content (AvgIpc) is 2.93. The van der Waals surface area contributed by atoms with Crippen molar-refractivity contribution in [3.05, 3.63) is 30.5 Å². The van der Waals surface area contributed by atoms with Crippen LogP contribution in [-0.4, -0.2) is 51.3 Å². The van der Waals surface area contributed by atoms with E-state index in [0.717, 1.165) is 22.9 Å². The fourth-order valence-corrected chi connectivity index (χ4v) is 2.65. The Labute approximate surface area is 110 Å². The summed E-state index contributed by atoms with van der Waals surface area (Å²) in [5, 5.41) is 5.21. The van der Waals surface area contributed by atoms with Gasteiger partial charge in [0.2, 0.25) is 0 Å². The Bertz CT molecular complexity index is 618. The first-order valence-corrected chi connectivity index (χ1v) is 6.94. The van der Waals surface area contributed by atoms with Gasteiger partial charge in [-0.15, -0.1) is 11.8 Å². The molecular formula is C12H15N5S. The molecule has 2 aromatic heterocycles. The Hall–Kier alpha value is -1.53. The lowest BCUT2D eigenvalue weighted by Gasteiger charge is -2.18. The number of thioether (sulfide) groups is 1. The summed E-state index contributed by atoms with van der Waals surface area (Å²) in [5.41, 5.74) is 3.34. The summed E-state index contributed by atoms with van der Waals surface area (Å²) in [6.07, 6.45) is 9.88. The van der Waals surface area contributed by atoms with Crippen LogP contribution in [0, 0.1) is 0 Å². The highest BCUT2D eigenvalue weighted by molar-refractivity contribution is 7.98. The van der Waals surface area contributed by atoms with Crippen LogP contribution < -0.4 is 0 Å². The topological polar surface area (TPSA) is 36.7 Å². The van der Waals surface area contributed by atoms with Gasteiger partial charge in [0, 0.05) is 44.8 Å². The van der Waals surface area contributed by atoms with Crippen molar-refractivity contribution in [3.8, 4) is 0 Å². The zero-order chi connectivity index (χ0) is 12.7. The van der Waals surface area contributed by atoms with Crippen LogP contribution in [0.25, 0.3) is 11.2 Å². The quantitative estimate of drug-likeness (QED) is 0.767. The number of nitrogens with zero attached hydrogens (tertiary/aromatic N) is 5. The summed E-state index contributed by atoms with van der Waals surface area (Å²) in [6.45, 7) is 0.904. The number of aromatic nitrogens is 3. The van der Waals surface area contributed by atoms with E-state index >= 15 is 0 Å². The maximum Gasteiger partial charge on any atom is 0.170 e. The second-order valence-electron chi connectivity index (χ2n) is 4.32. The van der Waals surface area contributed by atoms with Crippen LogP contribution in [0.2, 0.25) is 0 Å². The lowest BCUT2D eigenvalue weighted by molar-refractivity contribution is 0.118. The zero-order valence-corrected chi connectivity index (χ0v) is 11.5. The maximum absolute atomic E-state index is 4.49. The maximum atomic E-state index is 4.49. The molecular weight excluding hydrogens is 246 g/mol. The van der Waals surface area contributed by atoms with Gasteiger partial charge in [0.15, 0.2) is 5.65 Å². The molecule has 0 N–H and O–H groups in total. The van der Waals surface area contributed by atoms with Gasteiger partial charge < -0.3 is 5.01 Å². The molecule has 5 nitrogen and oxygen atoms in total. The van der Waals surface area contributed by atoms with Gasteiger partial charge in [0.05, 0.1) is 11.9 Å². The molecule has 0 unspecified atom stereocenters. The Morgan fingerprint density at radius 3 is 2.78 bits per heavy atom. The van der Waals surface area contributed by atoms with Crippen LogP contribution in [0.4, 0.5) is 0 Å². The van der Waals surface area contributed by atoms with E-state index in [1.54, 1.807) is 11.8 Å². The van der Waals surface area contributed by atoms with E-state index in [1.165, 1.54) is 5.57 Å². The van der Waals surface area contributed by atoms with Gasteiger partial charge >= 0.3 is 0 Å². The van der Waals surface area contributed by atoms with Crippen molar-refractivity contribution in [1.29, 1.82) is 0 Å². The second kappa shape index (κ2) is 4.29. The zero-order valence-electron chi connectivity index (χ0n) is 10.7. The third-order valence-corrected chi connectivity index (χ3v) is 3.87. The minimum absolute atomic E-state index is 0.904. The van der Waals surface area contributed by atoms with Gasteiger partial charge in [-0.05, 0) is 6.26 Å². The van der Waals surface area contributed by atoms with Crippen molar-refractivity contribution < 1.29 is 0 Å². The summed E-state index contributed by atoms with van der Waals surface area (Å²) in [7, 11) is 4.12. The smallest absolute Gasteiger partial charge is 0.170 e. The lowest BCUT2D eigenvalue weighted by atomic mass is 10.2. The Balaban J connectivity index is 2.12. The number of hydrogen-bond donors (Lipinski definition) is 0. The van der Waals surface area contributed by atoms with Crippen molar-refractivity contribution in [2.24, 2.45) is 0 Å². The molecule has 2 aromatic rings. The molecule has 0 spiro atoms. The van der Waals surface area contributed by atoms with Crippen molar-refractivity contribution in [1.82, 2.24) is 24.4 Å². The summed E-state index contributed by atoms with van der Waals surface area (Å²) in [5.74, 6) is 0. The molecule has 94 valence electrons. The fourth-order valence-electron chi connectivity index (χ4n) is 2.15. The second-order valence-corrected chi connectivity index (χ2v) is 5.11. The predicted molar refractivity (Wildman–Crippen MR) is 73.1 cm³/mol. The van der Waals surface area contributed by atoms with Gasteiger partial charge in [0.25, 0.3) is 0 Å². The van der Waals surface area contributed by atoms with Gasteiger partial charge in [-0.1, -0.05) is 0 Å². The third-order valence-electron chi connectivity index (χ3n) is 3.20. The number of imidazole rings is 1. The van der Waals surface area contributed by atoms with Crippen LogP contribution in [0.5, 0.6) is 0 Å². The molecule has 0 saturated carbocycles. The van der Waals surface area contributed by atoms with E-state index in [4.69, 9.17) is 0 Å². The normalized spacial score (nSPS) is 16.6. The van der Waals surface area contributed by atoms with Crippen molar-refractivity contribution >= 4 is 23.0 Å². The highest BCUT2D eigenvalue weighted by Gasteiger charge is 2.19. The fraction of sp³-hybridized carbons (Fsp3) is 0.333. The van der Waals surface area contributed by atoms with E-state index in [0.29, 0.717) is 0 Å². The average molecular weight is 261 g/mol. The van der Waals surface area contributed by atoms with E-state index in [9.17, 15) is 0 Å². The molecule has 1 aliphatic heterocycles. The molecule has 0 saturated heterocycles. The minimum Gasteiger partial charge on any atom is -0.316 e. The molecule has 0 aromatic carbocycles. The van der Waals surface area contributed by atoms with E-state index in [1.807, 2.05) is 31.9 Å². The number of fused-ring (bicyclic) bond motifs is 1. The largest absolute Gasteiger partial charge is 0.316 e. The first-order valence-electron chi connectivity index (χ1n) is 5.71. The summed E-state index contributed by atoms with van der Waals surface area (Å²) in [4.78, 5) is 8.82. The Morgan fingerprint density at radius 1 is 1.28 bits per heavy atom. The van der Waals surface area contributed by atoms with Crippen LogP contribution in [-0.2, 0) is 0 Å². The predicted octanol–water partition coefficient (Wildman–Crippen LogP) is 1.58. The highest BCUT2D eigenvalue weighted by Crippen LogP contribution is 2.25. The van der Waals surface area contributed by atoms with Crippen molar-refractivity contribution in [3.63, 3.8) is 0 Å². The first kappa shape index (κ1) is 11.6. The first-order chi connectivity index (χ1) is 8.70. The van der Waals surface area contributed by atoms with Crippen LogP contribution in [0.15, 0.2) is 29.8 Å². The van der Waals surface area contributed by atoms with Crippen LogP contribution in [0.1, 0.15) is 5.69 Å². The molecule has 0 fully saturated rings. The van der Waals surface area contributed by atoms with Gasteiger partial charge in [-0.3, -0.25) is 4.40 Å². The van der Waals surface area contributed by atoms with Crippen molar-refractivity contribution in [2.75, 3.05) is 26.9 Å².